The second kappa shape index (κ2) is 7.38. The Labute approximate surface area is 180 Å². The zero-order valence-corrected chi connectivity index (χ0v) is 17.1. The molecule has 4 aliphatic carbocycles. The molecular weight excluding hydrogens is 392 g/mol. The predicted molar refractivity (Wildman–Crippen MR) is 112 cm³/mol. The predicted octanol–water partition coefficient (Wildman–Crippen LogP) is 3.56. The summed E-state index contributed by atoms with van der Waals surface area (Å²) in [6.45, 7) is 0. The number of hydrogen-bond acceptors (Lipinski definition) is 5. The summed E-state index contributed by atoms with van der Waals surface area (Å²) in [6.07, 6.45) is 6.57. The van der Waals surface area contributed by atoms with Gasteiger partial charge in [0, 0.05) is 28.9 Å². The van der Waals surface area contributed by atoms with Crippen molar-refractivity contribution in [1.29, 1.82) is 5.26 Å². The van der Waals surface area contributed by atoms with Crippen LogP contribution in [0.4, 0.5) is 4.79 Å². The average Bonchev–Trinajstić information content (AvgIpc) is 2.72. The van der Waals surface area contributed by atoms with E-state index in [0.717, 1.165) is 32.1 Å². The average molecular weight is 416 g/mol. The van der Waals surface area contributed by atoms with Crippen molar-refractivity contribution in [3.63, 3.8) is 0 Å². The summed E-state index contributed by atoms with van der Waals surface area (Å²) in [5.74, 6) is 1.03. The van der Waals surface area contributed by atoms with Gasteiger partial charge in [0.2, 0.25) is 5.88 Å². The number of hydrogen-bond donors (Lipinski definition) is 2. The molecule has 0 aliphatic heterocycles. The van der Waals surface area contributed by atoms with Gasteiger partial charge in [-0.05, 0) is 74.6 Å². The van der Waals surface area contributed by atoms with E-state index in [0.29, 0.717) is 29.4 Å². The van der Waals surface area contributed by atoms with Crippen LogP contribution >= 0.6 is 0 Å². The second-order valence-electron chi connectivity index (χ2n) is 9.35. The number of carbonyl (C=O) groups is 2. The Kier molecular flexibility index (Phi) is 4.66. The van der Waals surface area contributed by atoms with E-state index < -0.39 is 6.09 Å². The summed E-state index contributed by atoms with van der Waals surface area (Å²) in [7, 11) is 0. The Morgan fingerprint density at radius 1 is 1.03 bits per heavy atom. The van der Waals surface area contributed by atoms with Gasteiger partial charge >= 0.3 is 6.09 Å². The van der Waals surface area contributed by atoms with Crippen molar-refractivity contribution in [3.05, 3.63) is 59.8 Å². The lowest BCUT2D eigenvalue weighted by atomic mass is 9.50. The van der Waals surface area contributed by atoms with Gasteiger partial charge in [-0.2, -0.15) is 5.26 Å². The van der Waals surface area contributed by atoms with Crippen LogP contribution in [0.25, 0.3) is 0 Å². The van der Waals surface area contributed by atoms with Crippen molar-refractivity contribution in [1.82, 2.24) is 15.6 Å². The number of pyridine rings is 1. The zero-order chi connectivity index (χ0) is 21.5. The van der Waals surface area contributed by atoms with E-state index in [2.05, 4.69) is 21.7 Å². The van der Waals surface area contributed by atoms with Gasteiger partial charge in [0.05, 0.1) is 11.6 Å². The Morgan fingerprint density at radius 3 is 2.45 bits per heavy atom. The molecule has 0 saturated heterocycles. The minimum absolute atomic E-state index is 0.162. The molecule has 2 aromatic rings. The van der Waals surface area contributed by atoms with Crippen molar-refractivity contribution >= 4 is 12.0 Å². The maximum absolute atomic E-state index is 13.0. The molecule has 7 heteroatoms. The monoisotopic (exact) mass is 416 g/mol. The van der Waals surface area contributed by atoms with E-state index >= 15 is 0 Å². The molecule has 2 amide bonds. The van der Waals surface area contributed by atoms with Crippen LogP contribution in [0.1, 0.15) is 54.4 Å². The van der Waals surface area contributed by atoms with Crippen molar-refractivity contribution in [2.75, 3.05) is 0 Å². The smallest absolute Gasteiger partial charge is 0.391 e. The normalized spacial score (nSPS) is 30.3. The Balaban J connectivity index is 1.33. The van der Waals surface area contributed by atoms with Crippen LogP contribution in [-0.2, 0) is 0 Å². The van der Waals surface area contributed by atoms with E-state index in [-0.39, 0.29) is 22.9 Å². The molecule has 1 aromatic carbocycles. The lowest BCUT2D eigenvalue weighted by Gasteiger charge is -2.62. The number of amides is 2. The van der Waals surface area contributed by atoms with Gasteiger partial charge in [-0.1, -0.05) is 12.1 Å². The van der Waals surface area contributed by atoms with E-state index in [1.54, 1.807) is 48.7 Å². The Hall–Kier alpha value is -3.40. The number of nitrogens with one attached hydrogen (secondary N) is 2. The highest BCUT2D eigenvalue weighted by molar-refractivity contribution is 5.95. The summed E-state index contributed by atoms with van der Waals surface area (Å²) in [4.78, 5) is 29.7. The van der Waals surface area contributed by atoms with Crippen molar-refractivity contribution < 1.29 is 14.3 Å². The van der Waals surface area contributed by atoms with E-state index in [1.807, 2.05) is 0 Å². The van der Waals surface area contributed by atoms with Crippen molar-refractivity contribution in [2.24, 2.45) is 11.8 Å². The molecule has 2 unspecified atom stereocenters. The number of aromatic nitrogens is 1. The molecule has 31 heavy (non-hydrogen) atoms. The quantitative estimate of drug-likeness (QED) is 0.793. The molecular formula is C24H24N4O3. The number of ether oxygens (including phenoxy) is 1. The van der Waals surface area contributed by atoms with Crippen LogP contribution < -0.4 is 15.4 Å². The first-order chi connectivity index (χ1) is 15.0. The summed E-state index contributed by atoms with van der Waals surface area (Å²) in [5.41, 5.74) is 0.236. The first kappa shape index (κ1) is 19.6. The van der Waals surface area contributed by atoms with Crippen LogP contribution in [0.5, 0.6) is 5.88 Å². The third-order valence-electron chi connectivity index (χ3n) is 6.90. The van der Waals surface area contributed by atoms with Crippen LogP contribution in [0.3, 0.4) is 0 Å². The highest BCUT2D eigenvalue weighted by Gasteiger charge is 2.59. The number of benzene rings is 1. The maximum Gasteiger partial charge on any atom is 0.414 e. The summed E-state index contributed by atoms with van der Waals surface area (Å²) in [6, 6.07) is 14.0. The minimum Gasteiger partial charge on any atom is -0.391 e. The first-order valence-electron chi connectivity index (χ1n) is 10.7. The fraction of sp³-hybridized carbons (Fsp3) is 0.417. The highest BCUT2D eigenvalue weighted by atomic mass is 16.6. The minimum atomic E-state index is -0.496. The topological polar surface area (TPSA) is 104 Å². The third-order valence-corrected chi connectivity index (χ3v) is 6.90. The largest absolute Gasteiger partial charge is 0.414 e. The van der Waals surface area contributed by atoms with Gasteiger partial charge in [-0.25, -0.2) is 9.78 Å². The number of carbonyl (C=O) groups excluding carboxylic acids is 2. The fourth-order valence-corrected chi connectivity index (χ4v) is 6.34. The number of rotatable bonds is 4. The van der Waals surface area contributed by atoms with Crippen LogP contribution in [-0.4, -0.2) is 28.1 Å². The summed E-state index contributed by atoms with van der Waals surface area (Å²) in [5, 5.41) is 15.6. The molecule has 1 heterocycles. The highest BCUT2D eigenvalue weighted by Crippen LogP contribution is 2.57. The molecule has 2 atom stereocenters. The molecule has 158 valence electrons. The molecule has 0 spiro atoms. The van der Waals surface area contributed by atoms with Crippen molar-refractivity contribution in [3.8, 4) is 11.9 Å². The number of nitriles is 1. The molecule has 6 rings (SSSR count). The van der Waals surface area contributed by atoms with Gasteiger partial charge in [0.15, 0.2) is 0 Å². The maximum atomic E-state index is 13.0. The number of nitrogens with zero attached hydrogens (tertiary/aromatic N) is 2. The van der Waals surface area contributed by atoms with Crippen LogP contribution in [0, 0.1) is 23.2 Å². The van der Waals surface area contributed by atoms with Gasteiger partial charge in [-0.3, -0.25) is 4.79 Å². The lowest BCUT2D eigenvalue weighted by Crippen LogP contribution is -2.70. The molecule has 2 N–H and O–H groups in total. The molecule has 4 bridgehead atoms. The zero-order valence-electron chi connectivity index (χ0n) is 17.1. The molecule has 4 saturated carbocycles. The van der Waals surface area contributed by atoms with E-state index in [4.69, 9.17) is 10.00 Å². The van der Waals surface area contributed by atoms with Crippen molar-refractivity contribution in [2.45, 2.75) is 49.6 Å². The van der Waals surface area contributed by atoms with E-state index in [1.165, 1.54) is 0 Å². The van der Waals surface area contributed by atoms with Gasteiger partial charge in [-0.15, -0.1) is 0 Å². The molecule has 1 aromatic heterocycles. The Morgan fingerprint density at radius 2 is 1.77 bits per heavy atom. The lowest BCUT2D eigenvalue weighted by molar-refractivity contribution is -0.0449. The standard InChI is InChI=1S/C24H24N4O3/c25-14-16-4-3-5-19(9-16)21(29)27-23-10-17-8-18(11-23)13-24(12-17,15-23)28-22(30)31-20-6-1-2-7-26-20/h1-7,9,17-18H,8,10-13,15H2,(H,27,29)(H,28,30). The Bertz CT molecular complexity index is 1050. The molecule has 4 aliphatic rings. The fourth-order valence-electron chi connectivity index (χ4n) is 6.34. The third kappa shape index (κ3) is 3.86. The van der Waals surface area contributed by atoms with E-state index in [9.17, 15) is 9.59 Å². The molecule has 7 nitrogen and oxygen atoms in total. The van der Waals surface area contributed by atoms with Crippen LogP contribution in [0.2, 0.25) is 0 Å². The summed E-state index contributed by atoms with van der Waals surface area (Å²) >= 11 is 0. The van der Waals surface area contributed by atoms with Gasteiger partial charge < -0.3 is 15.4 Å². The van der Waals surface area contributed by atoms with Crippen LogP contribution in [0.15, 0.2) is 48.7 Å². The second-order valence-corrected chi connectivity index (χ2v) is 9.35. The molecule has 4 fully saturated rings. The molecule has 0 radical (unpaired) electrons. The first-order valence-corrected chi connectivity index (χ1v) is 10.7. The van der Waals surface area contributed by atoms with Gasteiger partial charge in [0.25, 0.3) is 5.91 Å². The SMILES string of the molecule is N#Cc1cccc(C(=O)NC23CC4CC(CC(NC(=O)Oc5ccccn5)(C4)C2)C3)c1. The summed E-state index contributed by atoms with van der Waals surface area (Å²) < 4.78 is 5.38. The van der Waals surface area contributed by atoms with Gasteiger partial charge in [0.1, 0.15) is 0 Å².